The summed E-state index contributed by atoms with van der Waals surface area (Å²) in [6.45, 7) is 0. The molecule has 2 aliphatic rings. The number of halogens is 1. The minimum absolute atomic E-state index is 0.751. The SMILES string of the molecule is S=c1c2c(=S)c3ccc(I)cc3c(=S)c=2c(=S)c2ccccc12. The topological polar surface area (TPSA) is 0 Å². The summed E-state index contributed by atoms with van der Waals surface area (Å²) >= 11 is 25.3. The van der Waals surface area contributed by atoms with E-state index >= 15 is 0 Å². The van der Waals surface area contributed by atoms with Crippen LogP contribution in [0.3, 0.4) is 0 Å². The van der Waals surface area contributed by atoms with Crippen molar-refractivity contribution in [3.05, 3.63) is 74.5 Å². The lowest BCUT2D eigenvalue weighted by molar-refractivity contribution is 1.47. The Morgan fingerprint density at radius 3 is 1.52 bits per heavy atom. The fraction of sp³-hybridized carbons (Fsp3) is 0. The van der Waals surface area contributed by atoms with Gasteiger partial charge in [0.15, 0.2) is 0 Å². The third-order valence-corrected chi connectivity index (χ3v) is 6.41. The molecule has 0 radical (unpaired) electrons. The highest BCUT2D eigenvalue weighted by Crippen LogP contribution is 2.27. The molecule has 2 aromatic rings. The normalized spacial score (nSPS) is 11.5. The van der Waals surface area contributed by atoms with Crippen LogP contribution in [-0.4, -0.2) is 0 Å². The summed E-state index contributed by atoms with van der Waals surface area (Å²) in [5.74, 6) is 0. The molecule has 0 bridgehead atoms. The predicted molar refractivity (Wildman–Crippen MR) is 115 cm³/mol. The van der Waals surface area contributed by atoms with Gasteiger partial charge in [-0.15, -0.1) is 0 Å². The Hall–Kier alpha value is -0.730. The van der Waals surface area contributed by atoms with Gasteiger partial charge in [-0.25, -0.2) is 0 Å². The smallest absolute Gasteiger partial charge is 0.0550 e. The molecule has 0 saturated heterocycles. The largest absolute Gasteiger partial charge is 0.0787 e. The van der Waals surface area contributed by atoms with Crippen LogP contribution >= 0.6 is 71.5 Å². The first-order chi connectivity index (χ1) is 11.0. The van der Waals surface area contributed by atoms with Crippen molar-refractivity contribution in [1.82, 2.24) is 0 Å². The maximum atomic E-state index is 5.76. The van der Waals surface area contributed by atoms with E-state index in [1.54, 1.807) is 0 Å². The Balaban J connectivity index is 2.59. The molecular weight excluding hydrogens is 471 g/mol. The molecule has 0 aliphatic heterocycles. The van der Waals surface area contributed by atoms with E-state index < -0.39 is 0 Å². The zero-order valence-corrected chi connectivity index (χ0v) is 17.0. The van der Waals surface area contributed by atoms with Gasteiger partial charge in [0.25, 0.3) is 0 Å². The first kappa shape index (κ1) is 15.8. The summed E-state index contributed by atoms with van der Waals surface area (Å²) in [5, 5.41) is 5.64. The quantitative estimate of drug-likeness (QED) is 0.195. The third-order valence-electron chi connectivity index (χ3n) is 4.05. The third kappa shape index (κ3) is 2.25. The Labute approximate surface area is 166 Å². The van der Waals surface area contributed by atoms with Crippen molar-refractivity contribution in [1.29, 1.82) is 0 Å². The van der Waals surface area contributed by atoms with Crippen LogP contribution in [0.5, 0.6) is 0 Å². The summed E-state index contributed by atoms with van der Waals surface area (Å²) in [7, 11) is 0. The maximum absolute atomic E-state index is 5.76. The minimum Gasteiger partial charge on any atom is -0.0787 e. The molecule has 5 heteroatoms. The molecule has 0 heterocycles. The average molecular weight is 478 g/mol. The van der Waals surface area contributed by atoms with E-state index in [2.05, 4.69) is 28.7 Å². The molecule has 0 spiro atoms. The van der Waals surface area contributed by atoms with Crippen LogP contribution < -0.4 is 0 Å². The molecule has 2 aromatic carbocycles. The molecule has 0 amide bonds. The molecule has 0 nitrogen and oxygen atoms in total. The standard InChI is InChI=1S/C18H7IS4/c19-8-5-6-11-12(7-8)18(23)14-13(17(11)22)15(20)9-3-1-2-4-10(9)16(14)21/h1-7H. The van der Waals surface area contributed by atoms with Crippen LogP contribution in [0.2, 0.25) is 0 Å². The fourth-order valence-electron chi connectivity index (χ4n) is 2.98. The second-order valence-corrected chi connectivity index (χ2v) is 8.18. The summed E-state index contributed by atoms with van der Waals surface area (Å²) < 4.78 is 4.13. The summed E-state index contributed by atoms with van der Waals surface area (Å²) in [4.78, 5) is 0. The van der Waals surface area contributed by atoms with E-state index in [9.17, 15) is 0 Å². The van der Waals surface area contributed by atoms with Gasteiger partial charge in [-0.05, 0) is 34.7 Å². The molecule has 0 N–H and O–H groups in total. The lowest BCUT2D eigenvalue weighted by Gasteiger charge is -2.05. The lowest BCUT2D eigenvalue weighted by Crippen LogP contribution is -1.90. The monoisotopic (exact) mass is 478 g/mol. The van der Waals surface area contributed by atoms with Crippen molar-refractivity contribution in [2.45, 2.75) is 0 Å². The molecule has 2 aliphatic carbocycles. The zero-order valence-electron chi connectivity index (χ0n) is 11.6. The van der Waals surface area contributed by atoms with E-state index in [1.165, 1.54) is 0 Å². The Kier molecular flexibility index (Phi) is 3.89. The second kappa shape index (κ2) is 5.67. The highest BCUT2D eigenvalue weighted by molar-refractivity contribution is 14.1. The van der Waals surface area contributed by atoms with Gasteiger partial charge < -0.3 is 0 Å². The van der Waals surface area contributed by atoms with E-state index in [-0.39, 0.29) is 0 Å². The number of hydrogen-bond acceptors (Lipinski definition) is 4. The summed E-state index contributed by atoms with van der Waals surface area (Å²) in [6.07, 6.45) is 0. The van der Waals surface area contributed by atoms with Crippen molar-refractivity contribution in [2.24, 2.45) is 0 Å². The molecule has 0 unspecified atom stereocenters. The van der Waals surface area contributed by atoms with E-state index in [0.717, 1.165) is 53.6 Å². The van der Waals surface area contributed by atoms with Gasteiger partial charge in [0.2, 0.25) is 0 Å². The number of fused-ring (bicyclic) bond motifs is 2. The van der Waals surface area contributed by atoms with Crippen molar-refractivity contribution in [3.63, 3.8) is 0 Å². The lowest BCUT2D eigenvalue weighted by atomic mass is 10.0. The summed E-state index contributed by atoms with van der Waals surface area (Å²) in [6, 6.07) is 14.1. The number of rotatable bonds is 0. The van der Waals surface area contributed by atoms with Crippen LogP contribution in [0.4, 0.5) is 0 Å². The Morgan fingerprint density at radius 1 is 0.565 bits per heavy atom. The highest BCUT2D eigenvalue weighted by Gasteiger charge is 2.09. The van der Waals surface area contributed by atoms with Gasteiger partial charge in [-0.2, -0.15) is 0 Å². The highest BCUT2D eigenvalue weighted by atomic mass is 127. The molecule has 0 atom stereocenters. The molecule has 23 heavy (non-hydrogen) atoms. The maximum Gasteiger partial charge on any atom is 0.0550 e. The van der Waals surface area contributed by atoms with Crippen LogP contribution in [0.25, 0.3) is 21.5 Å². The molecule has 0 fully saturated rings. The van der Waals surface area contributed by atoms with Gasteiger partial charge in [-0.1, -0.05) is 79.2 Å². The second-order valence-electron chi connectivity index (χ2n) is 5.30. The first-order valence-electron chi connectivity index (χ1n) is 6.82. The zero-order chi connectivity index (χ0) is 16.3. The molecular formula is C18H7IS4. The van der Waals surface area contributed by atoms with E-state index in [1.807, 2.05) is 36.4 Å². The van der Waals surface area contributed by atoms with Gasteiger partial charge in [0.05, 0.1) is 18.0 Å². The Bertz CT molecular complexity index is 1400. The van der Waals surface area contributed by atoms with Crippen molar-refractivity contribution in [3.8, 4) is 0 Å². The molecule has 110 valence electrons. The van der Waals surface area contributed by atoms with Crippen molar-refractivity contribution < 1.29 is 0 Å². The van der Waals surface area contributed by atoms with Crippen LogP contribution in [0.15, 0.2) is 42.5 Å². The van der Waals surface area contributed by atoms with Gasteiger partial charge in [0, 0.05) is 35.6 Å². The van der Waals surface area contributed by atoms with Crippen molar-refractivity contribution >= 4 is 93.0 Å². The molecule has 4 rings (SSSR count). The number of hydrogen-bond donors (Lipinski definition) is 0. The van der Waals surface area contributed by atoms with Crippen LogP contribution in [0, 0.1) is 32.0 Å². The van der Waals surface area contributed by atoms with Crippen LogP contribution in [0.1, 0.15) is 0 Å². The first-order valence-corrected chi connectivity index (χ1v) is 9.53. The summed E-state index contributed by atoms with van der Waals surface area (Å²) in [5.41, 5.74) is 0. The van der Waals surface area contributed by atoms with Gasteiger partial charge in [-0.3, -0.25) is 0 Å². The Morgan fingerprint density at radius 2 is 1.00 bits per heavy atom. The van der Waals surface area contributed by atoms with E-state index in [4.69, 9.17) is 48.9 Å². The predicted octanol–water partition coefficient (Wildman–Crippen LogP) is 7.12. The van der Waals surface area contributed by atoms with E-state index in [0.29, 0.717) is 0 Å². The molecule has 0 aromatic heterocycles. The van der Waals surface area contributed by atoms with Gasteiger partial charge >= 0.3 is 0 Å². The van der Waals surface area contributed by atoms with Gasteiger partial charge in [0.1, 0.15) is 0 Å². The van der Waals surface area contributed by atoms with Crippen LogP contribution in [-0.2, 0) is 0 Å². The average Bonchev–Trinajstić information content (AvgIpc) is 2.56. The number of benzene rings is 2. The van der Waals surface area contributed by atoms with Crippen molar-refractivity contribution in [2.75, 3.05) is 0 Å². The fourth-order valence-corrected chi connectivity index (χ4v) is 5.12. The molecule has 0 saturated carbocycles. The minimum atomic E-state index is 0.751.